The zero-order valence-electron chi connectivity index (χ0n) is 48.9. The predicted molar refractivity (Wildman–Crippen MR) is 320 cm³/mol. The highest BCUT2D eigenvalue weighted by Crippen LogP contribution is 2.15. The molecule has 1 aromatic carbocycles. The third kappa shape index (κ3) is 27.5. The number of rotatable bonds is 42. The lowest BCUT2D eigenvalue weighted by Crippen LogP contribution is -2.61. The van der Waals surface area contributed by atoms with E-state index in [2.05, 4.69) is 62.8 Å². The first-order valence-electron chi connectivity index (χ1n) is 27.8. The Morgan fingerprint density at radius 1 is 0.616 bits per heavy atom. The largest absolute Gasteiger partial charge is 0.508 e. The van der Waals surface area contributed by atoms with Gasteiger partial charge in [0.1, 0.15) is 60.1 Å². The summed E-state index contributed by atoms with van der Waals surface area (Å²) in [6.45, 7) is 3.98. The number of imidazole rings is 1. The molecule has 11 atom stereocenters. The van der Waals surface area contributed by atoms with E-state index in [0.29, 0.717) is 37.1 Å². The third-order valence-corrected chi connectivity index (χ3v) is 14.6. The Balaban J connectivity index is 2.44. The highest BCUT2D eigenvalue weighted by molar-refractivity contribution is 7.98. The Kier molecular flexibility index (Phi) is 34.4. The van der Waals surface area contributed by atoms with Gasteiger partial charge in [-0.1, -0.05) is 32.4 Å². The van der Waals surface area contributed by atoms with Crippen LogP contribution in [-0.2, 0) is 65.6 Å². The van der Waals surface area contributed by atoms with Crippen LogP contribution in [-0.4, -0.2) is 206 Å². The number of nitrogens with zero attached hydrogens (tertiary/aromatic N) is 2. The Morgan fingerprint density at radius 2 is 1.13 bits per heavy atom. The summed E-state index contributed by atoms with van der Waals surface area (Å²) in [5.74, 6) is -11.5. The van der Waals surface area contributed by atoms with Gasteiger partial charge in [-0.25, -0.2) is 9.78 Å². The molecule has 22 N–H and O–H groups in total. The third-order valence-electron chi connectivity index (χ3n) is 13.3. The molecular weight excluding hydrogens is 1160 g/mol. The van der Waals surface area contributed by atoms with Gasteiger partial charge in [-0.15, -0.1) is 0 Å². The fraction of sp³-hybridized carbons (Fsp3) is 0.604. The molecule has 0 aliphatic heterocycles. The van der Waals surface area contributed by atoms with Gasteiger partial charge in [-0.3, -0.25) is 52.9 Å². The number of carboxylic acids is 2. The lowest BCUT2D eigenvalue weighted by atomic mass is 9.97. The van der Waals surface area contributed by atoms with Crippen molar-refractivity contribution in [1.29, 1.82) is 0 Å². The van der Waals surface area contributed by atoms with Crippen LogP contribution < -0.4 is 70.8 Å². The van der Waals surface area contributed by atoms with E-state index < -0.39 is 144 Å². The van der Waals surface area contributed by atoms with Crippen LogP contribution in [0.1, 0.15) is 89.8 Å². The number of nitrogens with two attached hydrogens (primary N) is 4. The van der Waals surface area contributed by atoms with E-state index >= 15 is 0 Å². The number of aromatic nitrogens is 2. The number of carbonyl (C=O) groups is 11. The molecule has 31 nitrogen and oxygen atoms in total. The minimum absolute atomic E-state index is 0.0290. The molecule has 0 saturated heterocycles. The number of aromatic amines is 1. The standard InChI is InChI=1S/C53H86N16O15S2/c1-6-28(2)42(51(82)64-36(52(83)84)11-9-19-59-53(56)57)69-49(80)39(24-41(72)73)67-48(79)38(23-31-25-58-27-60-31)66-47(78)37(22-30-12-14-32(71)15-13-30)65-46(77)35(17-21-86-5)62-43(74)29(3)61-50(81)40(26-70)68-45(76)34(10-7-8-18-54)63-44(75)33(55)16-20-85-4/h12-15,25,27-29,33-40,42,70-71H,6-11,16-24,26,54-55H2,1-5H3,(H,58,60)(H,61,81)(H,62,74)(H,63,75)(H,64,82)(H,65,77)(H,66,78)(H,67,79)(H,68,76)(H,69,80)(H,72,73)(H,83,84)(H4,56,57,59)/t28-,29-,33-,34-,35-,36-,37-,38-,39-,40-,42-/m0/s1. The fourth-order valence-electron chi connectivity index (χ4n) is 8.15. The number of unbranched alkanes of at least 4 members (excludes halogenated alkanes) is 1. The molecule has 0 aliphatic rings. The van der Waals surface area contributed by atoms with Crippen molar-refractivity contribution >= 4 is 94.6 Å². The molecular formula is C53H86N16O15S2. The van der Waals surface area contributed by atoms with Gasteiger partial charge < -0.3 is 96.2 Å². The zero-order valence-corrected chi connectivity index (χ0v) is 50.6. The molecule has 0 saturated carbocycles. The normalized spacial score (nSPS) is 14.9. The van der Waals surface area contributed by atoms with Crippen molar-refractivity contribution in [3.05, 3.63) is 48.0 Å². The highest BCUT2D eigenvalue weighted by Gasteiger charge is 2.37. The predicted octanol–water partition coefficient (Wildman–Crippen LogP) is -4.10. The lowest BCUT2D eigenvalue weighted by Gasteiger charge is -2.29. The number of amides is 9. The first-order valence-corrected chi connectivity index (χ1v) is 30.6. The van der Waals surface area contributed by atoms with Crippen LogP contribution >= 0.6 is 23.5 Å². The summed E-state index contributed by atoms with van der Waals surface area (Å²) >= 11 is 2.79. The van der Waals surface area contributed by atoms with Crippen LogP contribution in [0.25, 0.3) is 0 Å². The van der Waals surface area contributed by atoms with Crippen LogP contribution in [0.5, 0.6) is 5.75 Å². The summed E-state index contributed by atoms with van der Waals surface area (Å²) in [4.78, 5) is 159. The quantitative estimate of drug-likeness (QED) is 0.0171. The van der Waals surface area contributed by atoms with Crippen LogP contribution in [0, 0.1) is 5.92 Å². The molecule has 2 rings (SSSR count). The molecule has 33 heteroatoms. The van der Waals surface area contributed by atoms with E-state index in [0.717, 1.165) is 0 Å². The maximum Gasteiger partial charge on any atom is 0.326 e. The molecule has 9 amide bonds. The molecule has 1 aromatic heterocycles. The lowest BCUT2D eigenvalue weighted by molar-refractivity contribution is -0.143. The number of nitrogens with one attached hydrogen (secondary N) is 10. The smallest absolute Gasteiger partial charge is 0.326 e. The Hall–Kier alpha value is -7.75. The number of aliphatic hydroxyl groups excluding tert-OH is 1. The first kappa shape index (κ1) is 74.4. The molecule has 0 radical (unpaired) electrons. The van der Waals surface area contributed by atoms with Crippen LogP contribution in [0.15, 0.2) is 41.8 Å². The number of carbonyl (C=O) groups excluding carboxylic acids is 9. The number of benzene rings is 1. The topological polar surface area (TPSA) is 522 Å². The molecule has 0 fully saturated rings. The number of phenolic OH excluding ortho intramolecular Hbond substituents is 1. The maximum absolute atomic E-state index is 14.6. The average Bonchev–Trinajstić information content (AvgIpc) is 3.63. The molecule has 1 heterocycles. The van der Waals surface area contributed by atoms with Crippen LogP contribution in [0.4, 0.5) is 0 Å². The second kappa shape index (κ2) is 39.8. The molecule has 86 heavy (non-hydrogen) atoms. The minimum Gasteiger partial charge on any atom is -0.508 e. The molecule has 0 aliphatic carbocycles. The number of phenols is 1. The Labute approximate surface area is 506 Å². The number of thioether (sulfide) groups is 2. The number of aliphatic imine (C=N–C) groups is 1. The van der Waals surface area contributed by atoms with Crippen LogP contribution in [0.2, 0.25) is 0 Å². The van der Waals surface area contributed by atoms with Crippen molar-refractivity contribution in [2.75, 3.05) is 43.7 Å². The summed E-state index contributed by atoms with van der Waals surface area (Å²) in [5.41, 5.74) is 23.0. The monoisotopic (exact) mass is 1250 g/mol. The Morgan fingerprint density at radius 3 is 1.67 bits per heavy atom. The number of aromatic hydroxyl groups is 1. The molecule has 480 valence electrons. The average molecular weight is 1250 g/mol. The van der Waals surface area contributed by atoms with Gasteiger partial charge in [0, 0.05) is 31.3 Å². The fourth-order valence-corrected chi connectivity index (χ4v) is 9.11. The number of hydrogen-bond acceptors (Lipinski definition) is 19. The molecule has 0 unspecified atom stereocenters. The van der Waals surface area contributed by atoms with Gasteiger partial charge in [-0.05, 0) is 106 Å². The number of aliphatic carboxylic acids is 2. The molecule has 0 spiro atoms. The van der Waals surface area contributed by atoms with Crippen molar-refractivity contribution in [3.63, 3.8) is 0 Å². The summed E-state index contributed by atoms with van der Waals surface area (Å²) < 4.78 is 0. The van der Waals surface area contributed by atoms with E-state index in [4.69, 9.17) is 22.9 Å². The van der Waals surface area contributed by atoms with E-state index in [1.54, 1.807) is 20.1 Å². The summed E-state index contributed by atoms with van der Waals surface area (Å²) in [6, 6.07) is -8.90. The summed E-state index contributed by atoms with van der Waals surface area (Å²) in [5, 5.41) is 62.4. The van der Waals surface area contributed by atoms with Crippen molar-refractivity contribution in [2.24, 2.45) is 33.8 Å². The van der Waals surface area contributed by atoms with E-state index in [1.807, 2.05) is 6.26 Å². The van der Waals surface area contributed by atoms with Crippen molar-refractivity contribution in [2.45, 2.75) is 152 Å². The second-order valence-corrected chi connectivity index (χ2v) is 22.2. The van der Waals surface area contributed by atoms with Crippen LogP contribution in [0.3, 0.4) is 0 Å². The first-order chi connectivity index (χ1) is 40.8. The van der Waals surface area contributed by atoms with Gasteiger partial charge in [0.15, 0.2) is 5.96 Å². The molecule has 2 aromatic rings. The summed E-state index contributed by atoms with van der Waals surface area (Å²) in [7, 11) is 0. The Bertz CT molecular complexity index is 2560. The van der Waals surface area contributed by atoms with Gasteiger partial charge in [-0.2, -0.15) is 23.5 Å². The van der Waals surface area contributed by atoms with Gasteiger partial charge in [0.2, 0.25) is 53.2 Å². The zero-order chi connectivity index (χ0) is 64.5. The minimum atomic E-state index is -1.90. The number of aliphatic hydroxyl groups is 1. The van der Waals surface area contributed by atoms with Gasteiger partial charge in [0.25, 0.3) is 0 Å². The van der Waals surface area contributed by atoms with Crippen molar-refractivity contribution in [3.8, 4) is 5.75 Å². The van der Waals surface area contributed by atoms with Gasteiger partial charge in [0.05, 0.1) is 25.4 Å². The highest BCUT2D eigenvalue weighted by atomic mass is 32.2. The number of guanidine groups is 1. The van der Waals surface area contributed by atoms with Crippen molar-refractivity contribution < 1.29 is 73.2 Å². The van der Waals surface area contributed by atoms with Gasteiger partial charge >= 0.3 is 11.9 Å². The van der Waals surface area contributed by atoms with E-state index in [1.165, 1.54) is 67.2 Å². The number of H-pyrrole nitrogens is 1. The SMILES string of the molecule is CC[C@H](C)[C@H](NC(=O)[C@H](CC(=O)O)NC(=O)[C@H](Cc1cnc[nH]1)NC(=O)[C@H](Cc1ccc(O)cc1)NC(=O)[C@H](CCSC)NC(=O)[C@H](C)NC(=O)[C@H](CO)NC(=O)[C@H](CCCCN)NC(=O)[C@@H](N)CCSC)C(=O)N[C@@H](CCCN=C(N)N)C(=O)O. The summed E-state index contributed by atoms with van der Waals surface area (Å²) in [6.07, 6.45) is 6.19. The van der Waals surface area contributed by atoms with Crippen molar-refractivity contribution in [1.82, 2.24) is 57.8 Å². The molecule has 0 bridgehead atoms. The maximum atomic E-state index is 14.6. The van der Waals surface area contributed by atoms with E-state index in [9.17, 15) is 73.2 Å². The van der Waals surface area contributed by atoms with E-state index in [-0.39, 0.29) is 74.6 Å². The number of hydrogen-bond donors (Lipinski definition) is 18. The number of carboxylic acid groups (broad SMARTS) is 2. The second-order valence-electron chi connectivity index (χ2n) is 20.2.